The van der Waals surface area contributed by atoms with Gasteiger partial charge in [0.2, 0.25) is 5.88 Å². The number of oxazole rings is 1. The summed E-state index contributed by atoms with van der Waals surface area (Å²) in [6.07, 6.45) is 1.77. The van der Waals surface area contributed by atoms with Crippen LogP contribution in [0.25, 0.3) is 5.69 Å². The molecule has 1 fully saturated rings. The van der Waals surface area contributed by atoms with Gasteiger partial charge in [-0.1, -0.05) is 23.2 Å². The van der Waals surface area contributed by atoms with Gasteiger partial charge in [0.25, 0.3) is 0 Å². The Morgan fingerprint density at radius 1 is 1.16 bits per heavy atom. The highest BCUT2D eigenvalue weighted by atomic mass is 35.5. The molecule has 2 aliphatic rings. The van der Waals surface area contributed by atoms with E-state index in [2.05, 4.69) is 4.90 Å². The molecule has 9 heteroatoms. The molecule has 3 atom stereocenters. The number of hydrogen-bond acceptors (Lipinski definition) is 6. The van der Waals surface area contributed by atoms with Crippen LogP contribution in [-0.2, 0) is 6.42 Å². The molecule has 1 aromatic heterocycles. The molecule has 0 amide bonds. The van der Waals surface area contributed by atoms with Crippen LogP contribution in [0.15, 0.2) is 51.9 Å². The summed E-state index contributed by atoms with van der Waals surface area (Å²) in [6.45, 7) is 1.37. The van der Waals surface area contributed by atoms with E-state index in [1.54, 1.807) is 30.3 Å². The van der Waals surface area contributed by atoms with Crippen LogP contribution >= 0.6 is 23.2 Å². The standard InChI is InChI=1S/C22H20Cl2N2O5/c23-12-7-17-16(18(24)8-12)9-19(25-6-5-14(27)10-25)21(17)31-15-3-1-13(2-4-15)26-20(28)11-30-22(26)29/h1-4,7-8,11,14,19,21,27-28H,5-6,9-10H2/t14-,19+,21+/m1/s1. The minimum atomic E-state index is -0.673. The average molecular weight is 463 g/mol. The number of β-amino-alcohol motifs (C(OH)–C–C–N with tert-alkyl or cyclic N) is 1. The highest BCUT2D eigenvalue weighted by molar-refractivity contribution is 6.35. The van der Waals surface area contributed by atoms with Crippen LogP contribution in [-0.4, -0.2) is 44.9 Å². The number of benzene rings is 2. The maximum absolute atomic E-state index is 11.8. The topological polar surface area (TPSA) is 88.1 Å². The van der Waals surface area contributed by atoms with Crippen molar-refractivity contribution in [3.05, 3.63) is 74.4 Å². The molecule has 162 valence electrons. The van der Waals surface area contributed by atoms with E-state index in [0.29, 0.717) is 34.4 Å². The molecule has 0 bridgehead atoms. The summed E-state index contributed by atoms with van der Waals surface area (Å²) in [5.74, 6) is -0.355. The predicted octanol–water partition coefficient (Wildman–Crippen LogP) is 3.55. The quantitative estimate of drug-likeness (QED) is 0.616. The molecule has 0 unspecified atom stereocenters. The van der Waals surface area contributed by atoms with Crippen molar-refractivity contribution in [2.75, 3.05) is 13.1 Å². The molecule has 1 aliphatic heterocycles. The zero-order valence-corrected chi connectivity index (χ0v) is 17.9. The van der Waals surface area contributed by atoms with Gasteiger partial charge in [0, 0.05) is 28.7 Å². The summed E-state index contributed by atoms with van der Waals surface area (Å²) in [5, 5.41) is 21.0. The summed E-state index contributed by atoms with van der Waals surface area (Å²) in [4.78, 5) is 14.0. The molecule has 31 heavy (non-hydrogen) atoms. The van der Waals surface area contributed by atoms with E-state index in [9.17, 15) is 15.0 Å². The maximum Gasteiger partial charge on any atom is 0.426 e. The third kappa shape index (κ3) is 3.72. The molecule has 0 spiro atoms. The Hall–Kier alpha value is -2.45. The lowest BCUT2D eigenvalue weighted by molar-refractivity contribution is 0.0818. The largest absolute Gasteiger partial charge is 0.492 e. The van der Waals surface area contributed by atoms with Gasteiger partial charge in [-0.2, -0.15) is 0 Å². The van der Waals surface area contributed by atoms with Gasteiger partial charge in [-0.3, -0.25) is 4.90 Å². The van der Waals surface area contributed by atoms with E-state index in [0.717, 1.165) is 34.9 Å². The zero-order chi connectivity index (χ0) is 21.7. The van der Waals surface area contributed by atoms with Crippen LogP contribution in [0.3, 0.4) is 0 Å². The lowest BCUT2D eigenvalue weighted by atomic mass is 10.1. The number of fused-ring (bicyclic) bond motifs is 1. The van der Waals surface area contributed by atoms with Crippen molar-refractivity contribution >= 4 is 23.2 Å². The minimum Gasteiger partial charge on any atom is -0.492 e. The van der Waals surface area contributed by atoms with Crippen molar-refractivity contribution in [3.8, 4) is 17.3 Å². The SMILES string of the molecule is O=c1occ(O)n1-c1ccc(O[C@H]2c3cc(Cl)cc(Cl)c3C[C@@H]2N2CC[C@@H](O)C2)cc1. The van der Waals surface area contributed by atoms with Gasteiger partial charge in [-0.15, -0.1) is 0 Å². The molecule has 1 aliphatic carbocycles. The first kappa shape index (κ1) is 20.5. The Morgan fingerprint density at radius 3 is 2.58 bits per heavy atom. The van der Waals surface area contributed by atoms with Gasteiger partial charge >= 0.3 is 5.76 Å². The molecule has 5 rings (SSSR count). The number of aromatic hydroxyl groups is 1. The number of halogens is 2. The van der Waals surface area contributed by atoms with Crippen molar-refractivity contribution in [1.29, 1.82) is 0 Å². The van der Waals surface area contributed by atoms with Gasteiger partial charge in [0.05, 0.1) is 17.8 Å². The number of aromatic nitrogens is 1. The number of aliphatic hydroxyl groups excluding tert-OH is 1. The first-order valence-corrected chi connectivity index (χ1v) is 10.7. The minimum absolute atomic E-state index is 0.0170. The molecular formula is C22H20Cl2N2O5. The summed E-state index contributed by atoms with van der Waals surface area (Å²) in [7, 11) is 0. The van der Waals surface area contributed by atoms with Gasteiger partial charge in [-0.05, 0) is 54.8 Å². The fourth-order valence-corrected chi connectivity index (χ4v) is 5.09. The van der Waals surface area contributed by atoms with Crippen molar-refractivity contribution in [2.24, 2.45) is 0 Å². The normalized spacial score (nSPS) is 23.3. The first-order valence-electron chi connectivity index (χ1n) is 9.97. The summed E-state index contributed by atoms with van der Waals surface area (Å²) in [6, 6.07) is 10.4. The second-order valence-electron chi connectivity index (χ2n) is 7.89. The number of hydrogen-bond donors (Lipinski definition) is 2. The Labute approximate surface area is 188 Å². The molecule has 7 nitrogen and oxygen atoms in total. The Morgan fingerprint density at radius 2 is 1.94 bits per heavy atom. The van der Waals surface area contributed by atoms with Gasteiger partial charge in [0.15, 0.2) is 6.26 Å². The van der Waals surface area contributed by atoms with Crippen LogP contribution in [0.1, 0.15) is 23.7 Å². The average Bonchev–Trinajstić information content (AvgIpc) is 3.41. The van der Waals surface area contributed by atoms with Crippen LogP contribution in [0.4, 0.5) is 0 Å². The van der Waals surface area contributed by atoms with E-state index in [4.69, 9.17) is 32.4 Å². The van der Waals surface area contributed by atoms with Gasteiger partial charge in [-0.25, -0.2) is 9.36 Å². The second kappa shape index (κ2) is 7.91. The molecular weight excluding hydrogens is 443 g/mol. The van der Waals surface area contributed by atoms with Crippen LogP contribution < -0.4 is 10.5 Å². The van der Waals surface area contributed by atoms with Gasteiger partial charge < -0.3 is 19.4 Å². The summed E-state index contributed by atoms with van der Waals surface area (Å²) >= 11 is 12.8. The number of rotatable bonds is 4. The molecule has 2 N–H and O–H groups in total. The molecule has 1 saturated heterocycles. The van der Waals surface area contributed by atoms with Crippen LogP contribution in [0.2, 0.25) is 10.0 Å². The summed E-state index contributed by atoms with van der Waals surface area (Å²) < 4.78 is 12.2. The molecule has 2 aromatic carbocycles. The number of nitrogens with zero attached hydrogens (tertiary/aromatic N) is 2. The highest BCUT2D eigenvalue weighted by Gasteiger charge is 2.41. The van der Waals surface area contributed by atoms with Crippen molar-refractivity contribution < 1.29 is 19.4 Å². The van der Waals surface area contributed by atoms with E-state index in [1.165, 1.54) is 0 Å². The third-order valence-corrected chi connectivity index (χ3v) is 6.52. The smallest absolute Gasteiger partial charge is 0.426 e. The van der Waals surface area contributed by atoms with E-state index >= 15 is 0 Å². The third-order valence-electron chi connectivity index (χ3n) is 5.96. The fourth-order valence-electron chi connectivity index (χ4n) is 4.51. The van der Waals surface area contributed by atoms with E-state index in [-0.39, 0.29) is 24.1 Å². The Bertz CT molecular complexity index is 1170. The van der Waals surface area contributed by atoms with Crippen LogP contribution in [0.5, 0.6) is 11.6 Å². The highest BCUT2D eigenvalue weighted by Crippen LogP contribution is 2.43. The lowest BCUT2D eigenvalue weighted by Crippen LogP contribution is -2.39. The monoisotopic (exact) mass is 462 g/mol. The maximum atomic E-state index is 11.8. The zero-order valence-electron chi connectivity index (χ0n) is 16.4. The Balaban J connectivity index is 1.46. The second-order valence-corrected chi connectivity index (χ2v) is 8.74. The van der Waals surface area contributed by atoms with Crippen molar-refractivity contribution in [1.82, 2.24) is 9.47 Å². The lowest BCUT2D eigenvalue weighted by Gasteiger charge is -2.30. The van der Waals surface area contributed by atoms with Gasteiger partial charge in [0.1, 0.15) is 11.9 Å². The van der Waals surface area contributed by atoms with E-state index in [1.807, 2.05) is 6.07 Å². The predicted molar refractivity (Wildman–Crippen MR) is 115 cm³/mol. The number of aliphatic hydroxyl groups is 1. The number of ether oxygens (including phenoxy) is 1. The molecule has 3 aromatic rings. The van der Waals surface area contributed by atoms with Crippen LogP contribution in [0, 0.1) is 0 Å². The summed E-state index contributed by atoms with van der Waals surface area (Å²) in [5.41, 5.74) is 2.41. The fraction of sp³-hybridized carbons (Fsp3) is 0.318. The van der Waals surface area contributed by atoms with Crippen molar-refractivity contribution in [3.63, 3.8) is 0 Å². The first-order chi connectivity index (χ1) is 14.9. The number of likely N-dealkylation sites (tertiary alicyclic amines) is 1. The molecule has 0 radical (unpaired) electrons. The molecule has 0 saturated carbocycles. The van der Waals surface area contributed by atoms with Crippen molar-refractivity contribution in [2.45, 2.75) is 31.1 Å². The van der Waals surface area contributed by atoms with E-state index < -0.39 is 5.76 Å². The molecule has 2 heterocycles. The Kier molecular flexibility index (Phi) is 5.22.